The number of rotatable bonds is 2. The van der Waals surface area contributed by atoms with Crippen molar-refractivity contribution in [1.29, 1.82) is 0 Å². The van der Waals surface area contributed by atoms with Crippen molar-refractivity contribution in [3.63, 3.8) is 0 Å². The predicted molar refractivity (Wildman–Crippen MR) is 58.9 cm³/mol. The zero-order valence-corrected chi connectivity index (χ0v) is 8.97. The summed E-state index contributed by atoms with van der Waals surface area (Å²) in [6.45, 7) is 2.11. The Labute approximate surface area is 89.8 Å². The molecule has 2 atom stereocenters. The maximum absolute atomic E-state index is 9.25. The van der Waals surface area contributed by atoms with Crippen molar-refractivity contribution in [1.82, 2.24) is 0 Å². The fourth-order valence-electron chi connectivity index (χ4n) is 2.46. The highest BCUT2D eigenvalue weighted by Crippen LogP contribution is 2.37. The lowest BCUT2D eigenvalue weighted by molar-refractivity contribution is 0.0695. The summed E-state index contributed by atoms with van der Waals surface area (Å²) in [5.41, 5.74) is 2.74. The number of hydrogen-bond acceptors (Lipinski definition) is 3. The van der Waals surface area contributed by atoms with Crippen molar-refractivity contribution < 1.29 is 14.8 Å². The van der Waals surface area contributed by atoms with Crippen molar-refractivity contribution in [2.45, 2.75) is 19.4 Å². The van der Waals surface area contributed by atoms with Crippen LogP contribution in [0.5, 0.6) is 0 Å². The van der Waals surface area contributed by atoms with E-state index >= 15 is 0 Å². The number of ether oxygens (including phenoxy) is 1. The van der Waals surface area contributed by atoms with Crippen LogP contribution in [-0.4, -0.2) is 24.3 Å². The van der Waals surface area contributed by atoms with Crippen LogP contribution in [0.2, 0.25) is 0 Å². The number of hydrogen-bond donors (Lipinski definition) is 2. The van der Waals surface area contributed by atoms with Gasteiger partial charge in [-0.25, -0.2) is 0 Å². The quantitative estimate of drug-likeness (QED) is 0.681. The fraction of sp³-hybridized carbons (Fsp3) is 0.455. The summed E-state index contributed by atoms with van der Waals surface area (Å²) in [5, 5.41) is 18.5. The summed E-state index contributed by atoms with van der Waals surface area (Å²) in [4.78, 5) is 0. The van der Waals surface area contributed by atoms with Gasteiger partial charge in [0.1, 0.15) is 0 Å². The molecule has 0 saturated carbocycles. The maximum Gasteiger partial charge on any atom is 0.488 e. The summed E-state index contributed by atoms with van der Waals surface area (Å²) in [6, 6.07) is 5.60. The molecule has 0 radical (unpaired) electrons. The van der Waals surface area contributed by atoms with Gasteiger partial charge in [0.15, 0.2) is 0 Å². The Morgan fingerprint density at radius 3 is 2.73 bits per heavy atom. The van der Waals surface area contributed by atoms with E-state index in [2.05, 4.69) is 6.92 Å². The van der Waals surface area contributed by atoms with E-state index < -0.39 is 7.12 Å². The minimum absolute atomic E-state index is 0.0821. The van der Waals surface area contributed by atoms with Gasteiger partial charge in [0.05, 0.1) is 6.10 Å². The molecule has 15 heavy (non-hydrogen) atoms. The van der Waals surface area contributed by atoms with Crippen molar-refractivity contribution in [3.8, 4) is 0 Å². The summed E-state index contributed by atoms with van der Waals surface area (Å²) in [6.07, 6.45) is 0.931. The third kappa shape index (κ3) is 1.69. The molecule has 0 aromatic heterocycles. The van der Waals surface area contributed by atoms with E-state index in [1.165, 1.54) is 0 Å². The van der Waals surface area contributed by atoms with Crippen molar-refractivity contribution in [2.75, 3.05) is 7.11 Å². The summed E-state index contributed by atoms with van der Waals surface area (Å²) in [7, 11) is 0.306. The Balaban J connectivity index is 2.47. The molecule has 3 nitrogen and oxygen atoms in total. The van der Waals surface area contributed by atoms with Crippen LogP contribution in [0.25, 0.3) is 0 Å². The molecule has 0 saturated heterocycles. The molecule has 4 heteroatoms. The van der Waals surface area contributed by atoms with Crippen LogP contribution in [0.4, 0.5) is 0 Å². The molecule has 0 unspecified atom stereocenters. The Bertz CT molecular complexity index is 365. The monoisotopic (exact) mass is 206 g/mol. The molecule has 0 spiro atoms. The lowest BCUT2D eigenvalue weighted by Gasteiger charge is -2.14. The summed E-state index contributed by atoms with van der Waals surface area (Å²) < 4.78 is 5.42. The molecule has 1 aliphatic rings. The molecule has 2 N–H and O–H groups in total. The molecule has 0 aliphatic heterocycles. The van der Waals surface area contributed by atoms with Crippen LogP contribution in [0, 0.1) is 5.92 Å². The van der Waals surface area contributed by atoms with Gasteiger partial charge < -0.3 is 14.8 Å². The first-order valence-corrected chi connectivity index (χ1v) is 5.15. The van der Waals surface area contributed by atoms with E-state index in [9.17, 15) is 10.0 Å². The average molecular weight is 206 g/mol. The van der Waals surface area contributed by atoms with Gasteiger partial charge in [0, 0.05) is 7.11 Å². The van der Waals surface area contributed by atoms with Crippen LogP contribution in [0.15, 0.2) is 18.2 Å². The molecule has 80 valence electrons. The minimum atomic E-state index is -1.39. The Morgan fingerprint density at radius 2 is 2.13 bits per heavy atom. The Kier molecular flexibility index (Phi) is 2.82. The second-order valence-electron chi connectivity index (χ2n) is 4.13. The molecule has 1 aromatic rings. The predicted octanol–water partition coefficient (Wildman–Crippen LogP) is 0.246. The second-order valence-corrected chi connectivity index (χ2v) is 4.13. The normalized spacial score (nSPS) is 24.0. The Hall–Kier alpha value is -0.835. The zero-order valence-electron chi connectivity index (χ0n) is 8.97. The number of benzene rings is 1. The van der Waals surface area contributed by atoms with Crippen molar-refractivity contribution in [2.24, 2.45) is 5.92 Å². The van der Waals surface area contributed by atoms with Crippen molar-refractivity contribution in [3.05, 3.63) is 29.3 Å². The molecular weight excluding hydrogens is 191 g/mol. The van der Waals surface area contributed by atoms with Crippen LogP contribution in [0.3, 0.4) is 0 Å². The highest BCUT2D eigenvalue weighted by Gasteiger charge is 2.32. The lowest BCUT2D eigenvalue weighted by atomic mass is 9.76. The van der Waals surface area contributed by atoms with E-state index in [4.69, 9.17) is 4.74 Å². The SMILES string of the molecule is CO[C@H]1c2cccc(B(O)O)c2C[C@@H]1C. The second kappa shape index (κ2) is 3.97. The molecule has 0 heterocycles. The third-order valence-electron chi connectivity index (χ3n) is 3.13. The molecule has 2 rings (SSSR count). The smallest absolute Gasteiger partial charge is 0.423 e. The van der Waals surface area contributed by atoms with Gasteiger partial charge in [-0.05, 0) is 28.9 Å². The lowest BCUT2D eigenvalue weighted by Crippen LogP contribution is -2.33. The average Bonchev–Trinajstić information content (AvgIpc) is 2.52. The van der Waals surface area contributed by atoms with Gasteiger partial charge in [0.25, 0.3) is 0 Å². The van der Waals surface area contributed by atoms with E-state index in [0.717, 1.165) is 17.5 Å². The molecule has 0 bridgehead atoms. The van der Waals surface area contributed by atoms with Gasteiger partial charge in [-0.2, -0.15) is 0 Å². The van der Waals surface area contributed by atoms with Crippen molar-refractivity contribution >= 4 is 12.6 Å². The van der Waals surface area contributed by atoms with E-state index in [0.29, 0.717) is 11.4 Å². The standard InChI is InChI=1S/C11H15BO3/c1-7-6-9-8(11(7)15-2)4-3-5-10(9)12(13)14/h3-5,7,11,13-14H,6H2,1-2H3/t7-,11+/m0/s1. The van der Waals surface area contributed by atoms with Gasteiger partial charge in [0.2, 0.25) is 0 Å². The summed E-state index contributed by atoms with van der Waals surface area (Å²) >= 11 is 0. The van der Waals surface area contributed by atoms with Gasteiger partial charge in [-0.3, -0.25) is 0 Å². The highest BCUT2D eigenvalue weighted by molar-refractivity contribution is 6.59. The molecular formula is C11H15BO3. The minimum Gasteiger partial charge on any atom is -0.423 e. The third-order valence-corrected chi connectivity index (χ3v) is 3.13. The summed E-state index contributed by atoms with van der Waals surface area (Å²) in [5.74, 6) is 0.393. The molecule has 0 fully saturated rings. The van der Waals surface area contributed by atoms with E-state index in [1.807, 2.05) is 12.1 Å². The number of fused-ring (bicyclic) bond motifs is 1. The maximum atomic E-state index is 9.25. The van der Waals surface area contributed by atoms with Gasteiger partial charge in [-0.1, -0.05) is 25.1 Å². The van der Waals surface area contributed by atoms with Crippen LogP contribution in [0.1, 0.15) is 24.2 Å². The number of methoxy groups -OCH3 is 1. The van der Waals surface area contributed by atoms with Crippen LogP contribution in [-0.2, 0) is 11.2 Å². The van der Waals surface area contributed by atoms with Crippen LogP contribution >= 0.6 is 0 Å². The first-order valence-electron chi connectivity index (χ1n) is 5.15. The fourth-order valence-corrected chi connectivity index (χ4v) is 2.46. The van der Waals surface area contributed by atoms with Gasteiger partial charge >= 0.3 is 7.12 Å². The largest absolute Gasteiger partial charge is 0.488 e. The highest BCUT2D eigenvalue weighted by atomic mass is 16.5. The van der Waals surface area contributed by atoms with Gasteiger partial charge in [-0.15, -0.1) is 0 Å². The Morgan fingerprint density at radius 1 is 1.40 bits per heavy atom. The molecule has 1 aromatic carbocycles. The molecule has 1 aliphatic carbocycles. The van der Waals surface area contributed by atoms with E-state index in [1.54, 1.807) is 13.2 Å². The topological polar surface area (TPSA) is 49.7 Å². The van der Waals surface area contributed by atoms with Crippen LogP contribution < -0.4 is 5.46 Å². The first-order chi connectivity index (χ1) is 7.15. The van der Waals surface area contributed by atoms with E-state index in [-0.39, 0.29) is 6.10 Å². The first kappa shape index (κ1) is 10.7. The molecule has 0 amide bonds. The zero-order chi connectivity index (χ0) is 11.0.